The Bertz CT molecular complexity index is 182. The largest absolute Gasteiger partial charge is 0.481 e. The molecule has 0 saturated heterocycles. The summed E-state index contributed by atoms with van der Waals surface area (Å²) in [5.74, 6) is 0.751. The molecule has 2 atom stereocenters. The van der Waals surface area contributed by atoms with Crippen molar-refractivity contribution in [1.82, 2.24) is 0 Å². The standard InChI is InChI=1S/C10H16O2/c11-10(12)9-6-8(9)7-4-2-1-3-5-7/h7-9H,1-6H2,(H,11,12)/t8-,9-/m1/s1. The molecule has 0 bridgehead atoms. The third-order valence-corrected chi connectivity index (χ3v) is 3.41. The summed E-state index contributed by atoms with van der Waals surface area (Å²) in [5, 5.41) is 8.75. The van der Waals surface area contributed by atoms with E-state index in [1.165, 1.54) is 32.1 Å². The highest BCUT2D eigenvalue weighted by Crippen LogP contribution is 2.49. The number of carbonyl (C=O) groups is 1. The van der Waals surface area contributed by atoms with Crippen LogP contribution >= 0.6 is 0 Å². The van der Waals surface area contributed by atoms with Crippen LogP contribution in [-0.2, 0) is 4.79 Å². The molecule has 2 fully saturated rings. The van der Waals surface area contributed by atoms with Gasteiger partial charge in [-0.25, -0.2) is 0 Å². The summed E-state index contributed by atoms with van der Waals surface area (Å²) in [5.41, 5.74) is 0. The zero-order chi connectivity index (χ0) is 8.55. The molecule has 0 unspecified atom stereocenters. The molecule has 2 rings (SSSR count). The van der Waals surface area contributed by atoms with Crippen molar-refractivity contribution in [3.8, 4) is 0 Å². The summed E-state index contributed by atoms with van der Waals surface area (Å²) < 4.78 is 0. The number of aliphatic carboxylic acids is 1. The summed E-state index contributed by atoms with van der Waals surface area (Å²) in [6.07, 6.45) is 7.55. The Hall–Kier alpha value is -0.530. The maximum atomic E-state index is 10.6. The molecule has 0 aromatic heterocycles. The minimum Gasteiger partial charge on any atom is -0.481 e. The zero-order valence-corrected chi connectivity index (χ0v) is 7.33. The van der Waals surface area contributed by atoms with E-state index in [2.05, 4.69) is 0 Å². The van der Waals surface area contributed by atoms with Crippen molar-refractivity contribution < 1.29 is 9.90 Å². The van der Waals surface area contributed by atoms with E-state index in [9.17, 15) is 4.79 Å². The lowest BCUT2D eigenvalue weighted by Gasteiger charge is -2.21. The number of carboxylic acids is 1. The SMILES string of the molecule is O=C(O)[C@@H]1C[C@@H]1C1CCCCC1. The maximum Gasteiger partial charge on any atom is 0.306 e. The molecule has 0 aliphatic heterocycles. The maximum absolute atomic E-state index is 10.6. The van der Waals surface area contributed by atoms with Gasteiger partial charge in [-0.1, -0.05) is 32.1 Å². The lowest BCUT2D eigenvalue weighted by Crippen LogP contribution is -2.11. The van der Waals surface area contributed by atoms with Crippen LogP contribution in [0.4, 0.5) is 0 Å². The van der Waals surface area contributed by atoms with Gasteiger partial charge >= 0.3 is 5.97 Å². The molecule has 0 radical (unpaired) electrons. The minimum atomic E-state index is -0.564. The summed E-state index contributed by atoms with van der Waals surface area (Å²) >= 11 is 0. The van der Waals surface area contributed by atoms with Crippen molar-refractivity contribution >= 4 is 5.97 Å². The summed E-state index contributed by atoms with van der Waals surface area (Å²) in [4.78, 5) is 10.6. The fourth-order valence-electron chi connectivity index (χ4n) is 2.58. The van der Waals surface area contributed by atoms with Crippen molar-refractivity contribution in [2.75, 3.05) is 0 Å². The van der Waals surface area contributed by atoms with Crippen LogP contribution in [0.5, 0.6) is 0 Å². The Balaban J connectivity index is 1.83. The normalized spacial score (nSPS) is 36.3. The van der Waals surface area contributed by atoms with Gasteiger partial charge < -0.3 is 5.11 Å². The highest BCUT2D eigenvalue weighted by molar-refractivity contribution is 5.73. The van der Waals surface area contributed by atoms with Crippen LogP contribution in [0.2, 0.25) is 0 Å². The first-order valence-electron chi connectivity index (χ1n) is 5.02. The van der Waals surface area contributed by atoms with E-state index in [1.807, 2.05) is 0 Å². The number of hydrogen-bond acceptors (Lipinski definition) is 1. The highest BCUT2D eigenvalue weighted by Gasteiger charge is 2.47. The van der Waals surface area contributed by atoms with Gasteiger partial charge in [0.05, 0.1) is 5.92 Å². The van der Waals surface area contributed by atoms with E-state index in [-0.39, 0.29) is 5.92 Å². The third-order valence-electron chi connectivity index (χ3n) is 3.41. The molecular formula is C10H16O2. The first-order chi connectivity index (χ1) is 5.79. The monoisotopic (exact) mass is 168 g/mol. The summed E-state index contributed by atoms with van der Waals surface area (Å²) in [6, 6.07) is 0. The van der Waals surface area contributed by atoms with Crippen LogP contribution in [0.25, 0.3) is 0 Å². The molecule has 0 spiro atoms. The van der Waals surface area contributed by atoms with Crippen molar-refractivity contribution in [3.05, 3.63) is 0 Å². The average molecular weight is 168 g/mol. The number of hydrogen-bond donors (Lipinski definition) is 1. The zero-order valence-electron chi connectivity index (χ0n) is 7.33. The summed E-state index contributed by atoms with van der Waals surface area (Å²) in [6.45, 7) is 0. The molecular weight excluding hydrogens is 152 g/mol. The molecule has 2 aliphatic carbocycles. The lowest BCUT2D eigenvalue weighted by molar-refractivity contribution is -0.139. The second-order valence-electron chi connectivity index (χ2n) is 4.24. The van der Waals surface area contributed by atoms with Gasteiger partial charge in [-0.15, -0.1) is 0 Å². The van der Waals surface area contributed by atoms with Crippen LogP contribution in [-0.4, -0.2) is 11.1 Å². The van der Waals surface area contributed by atoms with Gasteiger partial charge in [0.2, 0.25) is 0 Å². The molecule has 2 aliphatic rings. The molecule has 0 amide bonds. The fourth-order valence-corrected chi connectivity index (χ4v) is 2.58. The van der Waals surface area contributed by atoms with E-state index >= 15 is 0 Å². The Morgan fingerprint density at radius 2 is 1.83 bits per heavy atom. The van der Waals surface area contributed by atoms with Gasteiger partial charge in [-0.05, 0) is 18.3 Å². The molecule has 2 heteroatoms. The predicted octanol–water partition coefficient (Wildman–Crippen LogP) is 2.29. The third kappa shape index (κ3) is 1.47. The van der Waals surface area contributed by atoms with Gasteiger partial charge in [0.25, 0.3) is 0 Å². The minimum absolute atomic E-state index is 0.0214. The van der Waals surface area contributed by atoms with E-state index in [1.54, 1.807) is 0 Å². The van der Waals surface area contributed by atoms with E-state index in [0.717, 1.165) is 12.3 Å². The molecule has 2 saturated carbocycles. The smallest absolute Gasteiger partial charge is 0.306 e. The van der Waals surface area contributed by atoms with Crippen LogP contribution in [0.3, 0.4) is 0 Å². The van der Waals surface area contributed by atoms with Crippen molar-refractivity contribution in [2.24, 2.45) is 17.8 Å². The molecule has 0 aromatic rings. The second-order valence-corrected chi connectivity index (χ2v) is 4.24. The Morgan fingerprint density at radius 1 is 1.17 bits per heavy atom. The molecule has 0 aromatic carbocycles. The molecule has 2 nitrogen and oxygen atoms in total. The first-order valence-corrected chi connectivity index (χ1v) is 5.02. The first kappa shape index (κ1) is 8.09. The van der Waals surface area contributed by atoms with Gasteiger partial charge in [0.15, 0.2) is 0 Å². The van der Waals surface area contributed by atoms with Gasteiger partial charge in [0, 0.05) is 0 Å². The average Bonchev–Trinajstić information content (AvgIpc) is 2.84. The van der Waals surface area contributed by atoms with Crippen molar-refractivity contribution in [1.29, 1.82) is 0 Å². The molecule has 12 heavy (non-hydrogen) atoms. The Kier molecular flexibility index (Phi) is 2.07. The van der Waals surface area contributed by atoms with Crippen LogP contribution in [0, 0.1) is 17.8 Å². The lowest BCUT2D eigenvalue weighted by atomic mass is 9.85. The van der Waals surface area contributed by atoms with E-state index in [4.69, 9.17) is 5.11 Å². The molecule has 68 valence electrons. The molecule has 0 heterocycles. The van der Waals surface area contributed by atoms with Crippen molar-refractivity contribution in [3.63, 3.8) is 0 Å². The number of rotatable bonds is 2. The topological polar surface area (TPSA) is 37.3 Å². The van der Waals surface area contributed by atoms with Gasteiger partial charge in [-0.2, -0.15) is 0 Å². The van der Waals surface area contributed by atoms with E-state index in [0.29, 0.717) is 5.92 Å². The quantitative estimate of drug-likeness (QED) is 0.686. The Morgan fingerprint density at radius 3 is 2.33 bits per heavy atom. The fraction of sp³-hybridized carbons (Fsp3) is 0.900. The highest BCUT2D eigenvalue weighted by atomic mass is 16.4. The van der Waals surface area contributed by atoms with Gasteiger partial charge in [0.1, 0.15) is 0 Å². The van der Waals surface area contributed by atoms with Crippen LogP contribution < -0.4 is 0 Å². The van der Waals surface area contributed by atoms with Crippen LogP contribution in [0.15, 0.2) is 0 Å². The second kappa shape index (κ2) is 3.08. The van der Waals surface area contributed by atoms with Gasteiger partial charge in [-0.3, -0.25) is 4.79 Å². The summed E-state index contributed by atoms with van der Waals surface area (Å²) in [7, 11) is 0. The number of carboxylic acid groups (broad SMARTS) is 1. The molecule has 1 N–H and O–H groups in total. The van der Waals surface area contributed by atoms with E-state index < -0.39 is 5.97 Å². The van der Waals surface area contributed by atoms with Crippen molar-refractivity contribution in [2.45, 2.75) is 38.5 Å². The van der Waals surface area contributed by atoms with Crippen LogP contribution in [0.1, 0.15) is 38.5 Å². The predicted molar refractivity (Wildman–Crippen MR) is 45.8 cm³/mol. The Labute approximate surface area is 73.0 Å².